The molecule has 0 radical (unpaired) electrons. The van der Waals surface area contributed by atoms with Crippen LogP contribution < -0.4 is 4.90 Å². The van der Waals surface area contributed by atoms with Crippen LogP contribution in [0.15, 0.2) is 18.3 Å². The van der Waals surface area contributed by atoms with Crippen LogP contribution in [0.1, 0.15) is 38.8 Å². The fraction of sp³-hybridized carbons (Fsp3) is 0.562. The summed E-state index contributed by atoms with van der Waals surface area (Å²) in [4.78, 5) is 32.6. The molecule has 5 nitrogen and oxygen atoms in total. The number of rotatable bonds is 5. The molecule has 1 aromatic heterocycles. The topological polar surface area (TPSA) is 53.5 Å². The molecule has 0 aromatic carbocycles. The summed E-state index contributed by atoms with van der Waals surface area (Å²) in [6.07, 6.45) is 3.77. The maximum Gasteiger partial charge on any atom is 0.249 e. The highest BCUT2D eigenvalue weighted by Gasteiger charge is 2.34. The standard InChI is InChI=1S/C16H23N3O2/c1-4-13(19-11-7-9-15(19)20)16(21)18(5-2)14-8-6-10-17-12(14)3/h6,8,10,13H,4-5,7,9,11H2,1-3H3. The number of aryl methyl sites for hydroxylation is 1. The van der Waals surface area contributed by atoms with Crippen molar-refractivity contribution in [2.75, 3.05) is 18.0 Å². The van der Waals surface area contributed by atoms with Gasteiger partial charge < -0.3 is 9.80 Å². The first kappa shape index (κ1) is 15.5. The quantitative estimate of drug-likeness (QED) is 0.834. The summed E-state index contributed by atoms with van der Waals surface area (Å²) < 4.78 is 0. The molecular formula is C16H23N3O2. The van der Waals surface area contributed by atoms with E-state index in [-0.39, 0.29) is 17.9 Å². The van der Waals surface area contributed by atoms with Crippen LogP contribution in [0.25, 0.3) is 0 Å². The number of carbonyl (C=O) groups is 2. The van der Waals surface area contributed by atoms with Gasteiger partial charge in [-0.25, -0.2) is 0 Å². The van der Waals surface area contributed by atoms with E-state index in [0.29, 0.717) is 25.9 Å². The molecule has 21 heavy (non-hydrogen) atoms. The highest BCUT2D eigenvalue weighted by molar-refractivity contribution is 5.99. The zero-order valence-electron chi connectivity index (χ0n) is 13.0. The van der Waals surface area contributed by atoms with Gasteiger partial charge in [0.2, 0.25) is 11.8 Å². The predicted molar refractivity (Wildman–Crippen MR) is 82.0 cm³/mol. The number of hydrogen-bond donors (Lipinski definition) is 0. The third kappa shape index (κ3) is 3.06. The molecule has 1 fully saturated rings. The molecule has 1 aliphatic rings. The van der Waals surface area contributed by atoms with Crippen LogP contribution in [0, 0.1) is 6.92 Å². The summed E-state index contributed by atoms with van der Waals surface area (Å²) >= 11 is 0. The summed E-state index contributed by atoms with van der Waals surface area (Å²) in [6, 6.07) is 3.38. The molecule has 114 valence electrons. The first-order chi connectivity index (χ1) is 10.1. The average molecular weight is 289 g/mol. The van der Waals surface area contributed by atoms with Crippen LogP contribution in [-0.2, 0) is 9.59 Å². The van der Waals surface area contributed by atoms with E-state index in [1.807, 2.05) is 32.9 Å². The number of carbonyl (C=O) groups excluding carboxylic acids is 2. The van der Waals surface area contributed by atoms with Crippen LogP contribution >= 0.6 is 0 Å². The van der Waals surface area contributed by atoms with Gasteiger partial charge in [-0.2, -0.15) is 0 Å². The first-order valence-electron chi connectivity index (χ1n) is 7.62. The van der Waals surface area contributed by atoms with Crippen molar-refractivity contribution in [2.45, 2.75) is 46.1 Å². The van der Waals surface area contributed by atoms with Gasteiger partial charge in [-0.3, -0.25) is 14.6 Å². The zero-order valence-corrected chi connectivity index (χ0v) is 13.0. The minimum atomic E-state index is -0.362. The van der Waals surface area contributed by atoms with Crippen molar-refractivity contribution in [3.05, 3.63) is 24.0 Å². The molecule has 1 aromatic rings. The normalized spacial score (nSPS) is 16.1. The van der Waals surface area contributed by atoms with E-state index < -0.39 is 0 Å². The number of pyridine rings is 1. The molecule has 0 spiro atoms. The van der Waals surface area contributed by atoms with Gasteiger partial charge >= 0.3 is 0 Å². The highest BCUT2D eigenvalue weighted by Crippen LogP contribution is 2.22. The Bertz CT molecular complexity index is 530. The second kappa shape index (κ2) is 6.70. The maximum atomic E-state index is 12.9. The average Bonchev–Trinajstić information content (AvgIpc) is 2.89. The summed E-state index contributed by atoms with van der Waals surface area (Å²) in [7, 11) is 0. The Balaban J connectivity index is 2.26. The number of aromatic nitrogens is 1. The summed E-state index contributed by atoms with van der Waals surface area (Å²) in [5.74, 6) is 0.0838. The van der Waals surface area contributed by atoms with Gasteiger partial charge in [0.15, 0.2) is 0 Å². The Labute approximate surface area is 126 Å². The lowest BCUT2D eigenvalue weighted by Crippen LogP contribution is -2.49. The lowest BCUT2D eigenvalue weighted by Gasteiger charge is -2.31. The molecular weight excluding hydrogens is 266 g/mol. The number of anilines is 1. The van der Waals surface area contributed by atoms with E-state index in [1.54, 1.807) is 16.0 Å². The zero-order chi connectivity index (χ0) is 15.4. The lowest BCUT2D eigenvalue weighted by molar-refractivity contribution is -0.136. The molecule has 2 rings (SSSR count). The van der Waals surface area contributed by atoms with Crippen molar-refractivity contribution < 1.29 is 9.59 Å². The fourth-order valence-corrected chi connectivity index (χ4v) is 2.91. The van der Waals surface area contributed by atoms with E-state index in [2.05, 4.69) is 4.98 Å². The van der Waals surface area contributed by atoms with E-state index >= 15 is 0 Å². The Morgan fingerprint density at radius 1 is 1.48 bits per heavy atom. The van der Waals surface area contributed by atoms with E-state index in [0.717, 1.165) is 17.8 Å². The Morgan fingerprint density at radius 2 is 2.24 bits per heavy atom. The minimum Gasteiger partial charge on any atom is -0.331 e. The Morgan fingerprint density at radius 3 is 2.76 bits per heavy atom. The summed E-state index contributed by atoms with van der Waals surface area (Å²) in [5, 5.41) is 0. The third-order valence-electron chi connectivity index (χ3n) is 4.01. The SMILES string of the molecule is CCC(C(=O)N(CC)c1cccnc1C)N1CCCC1=O. The second-order valence-corrected chi connectivity index (χ2v) is 5.31. The van der Waals surface area contributed by atoms with Crippen molar-refractivity contribution in [3.8, 4) is 0 Å². The molecule has 2 heterocycles. The van der Waals surface area contributed by atoms with E-state index in [4.69, 9.17) is 0 Å². The highest BCUT2D eigenvalue weighted by atomic mass is 16.2. The monoisotopic (exact) mass is 289 g/mol. The summed E-state index contributed by atoms with van der Waals surface area (Å²) in [5.41, 5.74) is 1.66. The van der Waals surface area contributed by atoms with Gasteiger partial charge in [-0.05, 0) is 38.8 Å². The molecule has 1 saturated heterocycles. The number of hydrogen-bond acceptors (Lipinski definition) is 3. The Hall–Kier alpha value is -1.91. The van der Waals surface area contributed by atoms with Crippen molar-refractivity contribution in [2.24, 2.45) is 0 Å². The van der Waals surface area contributed by atoms with Gasteiger partial charge in [0.25, 0.3) is 0 Å². The van der Waals surface area contributed by atoms with Crippen LogP contribution in [-0.4, -0.2) is 40.8 Å². The predicted octanol–water partition coefficient (Wildman–Crippen LogP) is 2.14. The minimum absolute atomic E-state index is 0.00801. The molecule has 1 atom stereocenters. The third-order valence-corrected chi connectivity index (χ3v) is 4.01. The van der Waals surface area contributed by atoms with Crippen molar-refractivity contribution in [3.63, 3.8) is 0 Å². The maximum absolute atomic E-state index is 12.9. The molecule has 0 saturated carbocycles. The molecule has 0 N–H and O–H groups in total. The van der Waals surface area contributed by atoms with E-state index in [9.17, 15) is 9.59 Å². The number of amides is 2. The van der Waals surface area contributed by atoms with Gasteiger partial charge in [-0.1, -0.05) is 6.92 Å². The molecule has 2 amide bonds. The van der Waals surface area contributed by atoms with Crippen LogP contribution in [0.3, 0.4) is 0 Å². The lowest BCUT2D eigenvalue weighted by atomic mass is 10.1. The van der Waals surface area contributed by atoms with Crippen molar-refractivity contribution in [1.82, 2.24) is 9.88 Å². The van der Waals surface area contributed by atoms with Gasteiger partial charge in [0.05, 0.1) is 11.4 Å². The fourth-order valence-electron chi connectivity index (χ4n) is 2.91. The first-order valence-corrected chi connectivity index (χ1v) is 7.62. The molecule has 5 heteroatoms. The molecule has 0 bridgehead atoms. The van der Waals surface area contributed by atoms with Crippen molar-refractivity contribution >= 4 is 17.5 Å². The number of nitrogens with zero attached hydrogens (tertiary/aromatic N) is 3. The van der Waals surface area contributed by atoms with Crippen LogP contribution in [0.5, 0.6) is 0 Å². The number of likely N-dealkylation sites (N-methyl/N-ethyl adjacent to an activating group) is 1. The van der Waals surface area contributed by atoms with Gasteiger partial charge in [-0.15, -0.1) is 0 Å². The molecule has 0 aliphatic carbocycles. The summed E-state index contributed by atoms with van der Waals surface area (Å²) in [6.45, 7) is 7.06. The molecule has 1 unspecified atom stereocenters. The van der Waals surface area contributed by atoms with Gasteiger partial charge in [0, 0.05) is 25.7 Å². The smallest absolute Gasteiger partial charge is 0.249 e. The Kier molecular flexibility index (Phi) is 4.94. The number of likely N-dealkylation sites (tertiary alicyclic amines) is 1. The van der Waals surface area contributed by atoms with Crippen LogP contribution in [0.4, 0.5) is 5.69 Å². The second-order valence-electron chi connectivity index (χ2n) is 5.31. The van der Waals surface area contributed by atoms with Crippen LogP contribution in [0.2, 0.25) is 0 Å². The van der Waals surface area contributed by atoms with Crippen molar-refractivity contribution in [1.29, 1.82) is 0 Å². The largest absolute Gasteiger partial charge is 0.331 e. The van der Waals surface area contributed by atoms with E-state index in [1.165, 1.54) is 0 Å². The molecule has 1 aliphatic heterocycles. The van der Waals surface area contributed by atoms with Gasteiger partial charge in [0.1, 0.15) is 6.04 Å².